The van der Waals surface area contributed by atoms with Gasteiger partial charge in [-0.05, 0) is 32.9 Å². The summed E-state index contributed by atoms with van der Waals surface area (Å²) in [4.78, 5) is 14.1. The normalized spacial score (nSPS) is 12.5. The van der Waals surface area contributed by atoms with Gasteiger partial charge < -0.3 is 15.0 Å². The minimum absolute atomic E-state index is 0.0623. The van der Waals surface area contributed by atoms with E-state index in [0.29, 0.717) is 13.2 Å². The Hall–Kier alpha value is -0.610. The van der Waals surface area contributed by atoms with Gasteiger partial charge >= 0.3 is 5.97 Å². The van der Waals surface area contributed by atoms with E-state index in [1.165, 1.54) is 64.5 Å². The highest BCUT2D eigenvalue weighted by Gasteiger charge is 2.13. The van der Waals surface area contributed by atoms with E-state index in [4.69, 9.17) is 4.74 Å². The largest absolute Gasteiger partial charge is 0.466 e. The van der Waals surface area contributed by atoms with Crippen LogP contribution in [0.1, 0.15) is 79.1 Å². The topological polar surface area (TPSA) is 41.6 Å². The summed E-state index contributed by atoms with van der Waals surface area (Å²) in [7, 11) is 0. The molecule has 144 valence electrons. The fourth-order valence-corrected chi connectivity index (χ4v) is 2.87. The predicted molar refractivity (Wildman–Crippen MR) is 103 cm³/mol. The van der Waals surface area contributed by atoms with E-state index in [0.717, 1.165) is 13.1 Å². The van der Waals surface area contributed by atoms with Gasteiger partial charge in [0.2, 0.25) is 0 Å². The summed E-state index contributed by atoms with van der Waals surface area (Å²) in [6, 6.07) is 0. The second-order valence-corrected chi connectivity index (χ2v) is 6.82. The van der Waals surface area contributed by atoms with Gasteiger partial charge in [0.15, 0.2) is 0 Å². The van der Waals surface area contributed by atoms with Gasteiger partial charge in [-0.15, -0.1) is 0 Å². The van der Waals surface area contributed by atoms with Crippen molar-refractivity contribution in [1.29, 1.82) is 0 Å². The Morgan fingerprint density at radius 1 is 0.917 bits per heavy atom. The van der Waals surface area contributed by atoms with Crippen molar-refractivity contribution in [2.75, 3.05) is 39.3 Å². The van der Waals surface area contributed by atoms with Crippen LogP contribution in [0.2, 0.25) is 0 Å². The second-order valence-electron chi connectivity index (χ2n) is 6.82. The van der Waals surface area contributed by atoms with E-state index in [1.54, 1.807) is 0 Å². The Balaban J connectivity index is 3.70. The van der Waals surface area contributed by atoms with Gasteiger partial charge in [0.25, 0.3) is 0 Å². The first-order valence-electron chi connectivity index (χ1n) is 10.2. The Bertz CT molecular complexity index is 285. The molecule has 0 radical (unpaired) electrons. The number of nitrogens with one attached hydrogen (secondary N) is 1. The molecule has 0 heterocycles. The Labute approximate surface area is 150 Å². The van der Waals surface area contributed by atoms with Gasteiger partial charge in [0.1, 0.15) is 0 Å². The zero-order valence-corrected chi connectivity index (χ0v) is 16.7. The molecule has 0 bridgehead atoms. The Kier molecular flexibility index (Phi) is 16.8. The lowest BCUT2D eigenvalue weighted by Crippen LogP contribution is -2.36. The van der Waals surface area contributed by atoms with Gasteiger partial charge in [0.05, 0.1) is 12.5 Å². The molecule has 0 aliphatic carbocycles. The van der Waals surface area contributed by atoms with Crippen LogP contribution >= 0.6 is 0 Å². The highest BCUT2D eigenvalue weighted by molar-refractivity contribution is 5.72. The third kappa shape index (κ3) is 13.8. The highest BCUT2D eigenvalue weighted by Crippen LogP contribution is 2.07. The molecule has 24 heavy (non-hydrogen) atoms. The monoisotopic (exact) mass is 342 g/mol. The van der Waals surface area contributed by atoms with E-state index in [9.17, 15) is 4.79 Å². The maximum atomic E-state index is 11.6. The van der Waals surface area contributed by atoms with E-state index >= 15 is 0 Å². The van der Waals surface area contributed by atoms with E-state index in [-0.39, 0.29) is 11.9 Å². The van der Waals surface area contributed by atoms with Crippen molar-refractivity contribution in [3.05, 3.63) is 0 Å². The van der Waals surface area contributed by atoms with Crippen LogP contribution in [0.15, 0.2) is 0 Å². The maximum absolute atomic E-state index is 11.6. The highest BCUT2D eigenvalue weighted by atomic mass is 16.5. The Morgan fingerprint density at radius 3 is 2.21 bits per heavy atom. The first-order chi connectivity index (χ1) is 11.7. The number of carbonyl (C=O) groups excluding carboxylic acids is 1. The van der Waals surface area contributed by atoms with Crippen LogP contribution in [0.4, 0.5) is 0 Å². The molecule has 0 aliphatic rings. The number of carbonyl (C=O) groups is 1. The summed E-state index contributed by atoms with van der Waals surface area (Å²) in [5, 5.41) is 3.40. The number of unbranched alkanes of at least 4 members (excludes halogenated alkanes) is 6. The molecule has 4 nitrogen and oxygen atoms in total. The van der Waals surface area contributed by atoms with Crippen molar-refractivity contribution >= 4 is 5.97 Å². The zero-order chi connectivity index (χ0) is 18.0. The minimum Gasteiger partial charge on any atom is -0.466 e. The molecule has 0 rings (SSSR count). The molecule has 0 aromatic heterocycles. The first-order valence-corrected chi connectivity index (χ1v) is 10.2. The summed E-state index contributed by atoms with van der Waals surface area (Å²) in [5.41, 5.74) is 0. The number of ether oxygens (including phenoxy) is 1. The van der Waals surface area contributed by atoms with Gasteiger partial charge in [-0.25, -0.2) is 0 Å². The molecule has 1 atom stereocenters. The predicted octanol–water partition coefficient (Wildman–Crippen LogP) is 4.24. The number of hydrogen-bond acceptors (Lipinski definition) is 4. The number of hydrogen-bond donors (Lipinski definition) is 1. The molecule has 4 heteroatoms. The van der Waals surface area contributed by atoms with Crippen molar-refractivity contribution in [1.82, 2.24) is 10.2 Å². The van der Waals surface area contributed by atoms with Crippen molar-refractivity contribution < 1.29 is 9.53 Å². The fourth-order valence-electron chi connectivity index (χ4n) is 2.87. The lowest BCUT2D eigenvalue weighted by Gasteiger charge is -2.22. The van der Waals surface area contributed by atoms with E-state index in [1.807, 2.05) is 13.8 Å². The second kappa shape index (κ2) is 17.2. The SMILES string of the molecule is CCCCCCCCCN(CCC)CCNCC(C)C(=O)OCC. The summed E-state index contributed by atoms with van der Waals surface area (Å²) >= 11 is 0. The summed E-state index contributed by atoms with van der Waals surface area (Å²) in [5.74, 6) is -0.161. The summed E-state index contributed by atoms with van der Waals surface area (Å²) < 4.78 is 5.03. The van der Waals surface area contributed by atoms with Gasteiger partial charge in [-0.1, -0.05) is 59.3 Å². The quantitative estimate of drug-likeness (QED) is 0.317. The van der Waals surface area contributed by atoms with E-state index < -0.39 is 0 Å². The van der Waals surface area contributed by atoms with Crippen LogP contribution in [0, 0.1) is 5.92 Å². The molecule has 0 amide bonds. The third-order valence-electron chi connectivity index (χ3n) is 4.36. The lowest BCUT2D eigenvalue weighted by atomic mass is 10.1. The van der Waals surface area contributed by atoms with Gasteiger partial charge in [-0.2, -0.15) is 0 Å². The minimum atomic E-state index is -0.0986. The number of nitrogens with zero attached hydrogens (tertiary/aromatic N) is 1. The average molecular weight is 343 g/mol. The molecule has 1 unspecified atom stereocenters. The standard InChI is InChI=1S/C20H42N2O2/c1-5-8-9-10-11-12-13-16-22(15-6-2)17-14-21-18-19(4)20(23)24-7-3/h19,21H,5-18H2,1-4H3. The van der Waals surface area contributed by atoms with Crippen LogP contribution < -0.4 is 5.32 Å². The molecular weight excluding hydrogens is 300 g/mol. The molecule has 1 N–H and O–H groups in total. The third-order valence-corrected chi connectivity index (χ3v) is 4.36. The smallest absolute Gasteiger partial charge is 0.309 e. The molecule has 0 spiro atoms. The van der Waals surface area contributed by atoms with Crippen LogP contribution in [0.3, 0.4) is 0 Å². The van der Waals surface area contributed by atoms with Crippen LogP contribution in [-0.4, -0.2) is 50.2 Å². The molecule has 0 aromatic carbocycles. The first kappa shape index (κ1) is 23.4. The van der Waals surface area contributed by atoms with Gasteiger partial charge in [-0.3, -0.25) is 4.79 Å². The average Bonchev–Trinajstić information content (AvgIpc) is 2.57. The Morgan fingerprint density at radius 2 is 1.58 bits per heavy atom. The van der Waals surface area contributed by atoms with Crippen molar-refractivity contribution in [2.45, 2.75) is 79.1 Å². The van der Waals surface area contributed by atoms with Crippen LogP contribution in [0.25, 0.3) is 0 Å². The molecule has 0 saturated heterocycles. The number of esters is 1. The molecule has 0 fully saturated rings. The van der Waals surface area contributed by atoms with Crippen LogP contribution in [-0.2, 0) is 9.53 Å². The van der Waals surface area contributed by atoms with Crippen molar-refractivity contribution in [3.63, 3.8) is 0 Å². The molecular formula is C20H42N2O2. The summed E-state index contributed by atoms with van der Waals surface area (Å²) in [6.07, 6.45) is 10.8. The lowest BCUT2D eigenvalue weighted by molar-refractivity contribution is -0.147. The van der Waals surface area contributed by atoms with Crippen molar-refractivity contribution in [3.8, 4) is 0 Å². The summed E-state index contributed by atoms with van der Waals surface area (Å²) in [6.45, 7) is 13.8. The zero-order valence-electron chi connectivity index (χ0n) is 16.7. The van der Waals surface area contributed by atoms with Crippen molar-refractivity contribution in [2.24, 2.45) is 5.92 Å². The van der Waals surface area contributed by atoms with Gasteiger partial charge in [0, 0.05) is 19.6 Å². The fraction of sp³-hybridized carbons (Fsp3) is 0.950. The number of rotatable bonds is 17. The molecule has 0 aliphatic heterocycles. The van der Waals surface area contributed by atoms with E-state index in [2.05, 4.69) is 24.1 Å². The van der Waals surface area contributed by atoms with Crippen LogP contribution in [0.5, 0.6) is 0 Å². The molecule has 0 aromatic rings. The molecule has 0 saturated carbocycles. The maximum Gasteiger partial charge on any atom is 0.309 e.